The first-order valence-corrected chi connectivity index (χ1v) is 6.95. The first-order valence-electron chi connectivity index (χ1n) is 6.95. The zero-order valence-electron chi connectivity index (χ0n) is 11.3. The molecular formula is C15H22FNO2. The summed E-state index contributed by atoms with van der Waals surface area (Å²) in [6.07, 6.45) is 2.16. The molecule has 0 saturated carbocycles. The number of hydrogen-bond donors (Lipinski definition) is 2. The molecule has 4 heteroatoms. The first kappa shape index (κ1) is 14.3. The van der Waals surface area contributed by atoms with Gasteiger partial charge in [0.05, 0.1) is 11.8 Å². The van der Waals surface area contributed by atoms with Gasteiger partial charge in [-0.05, 0) is 38.2 Å². The van der Waals surface area contributed by atoms with Gasteiger partial charge in [0, 0.05) is 25.3 Å². The van der Waals surface area contributed by atoms with E-state index in [0.717, 1.165) is 32.4 Å². The lowest BCUT2D eigenvalue weighted by Gasteiger charge is -2.36. The van der Waals surface area contributed by atoms with Crippen molar-refractivity contribution in [3.8, 4) is 0 Å². The van der Waals surface area contributed by atoms with Gasteiger partial charge in [0.2, 0.25) is 0 Å². The molecule has 106 valence electrons. The average Bonchev–Trinajstić information content (AvgIpc) is 2.39. The molecule has 1 fully saturated rings. The van der Waals surface area contributed by atoms with Crippen molar-refractivity contribution < 1.29 is 14.6 Å². The van der Waals surface area contributed by atoms with Gasteiger partial charge < -0.3 is 15.1 Å². The quantitative estimate of drug-likeness (QED) is 0.881. The minimum atomic E-state index is -0.677. The van der Waals surface area contributed by atoms with Crippen LogP contribution in [0, 0.1) is 11.7 Å². The second kappa shape index (κ2) is 6.35. The SMILES string of the molecule is C[C@H](O)c1cccc(F)c1N1CCCC(CCO)C1. The normalized spacial score (nSPS) is 21.5. The molecule has 0 bridgehead atoms. The number of aliphatic hydroxyl groups is 2. The molecule has 1 unspecified atom stereocenters. The van der Waals surface area contributed by atoms with Crippen molar-refractivity contribution in [2.24, 2.45) is 5.92 Å². The third kappa shape index (κ3) is 3.25. The van der Waals surface area contributed by atoms with Gasteiger partial charge in [-0.15, -0.1) is 0 Å². The molecule has 19 heavy (non-hydrogen) atoms. The maximum atomic E-state index is 14.1. The van der Waals surface area contributed by atoms with E-state index in [2.05, 4.69) is 0 Å². The largest absolute Gasteiger partial charge is 0.396 e. The van der Waals surface area contributed by atoms with Crippen LogP contribution >= 0.6 is 0 Å². The second-order valence-corrected chi connectivity index (χ2v) is 5.32. The number of aliphatic hydroxyl groups excluding tert-OH is 2. The maximum Gasteiger partial charge on any atom is 0.146 e. The lowest BCUT2D eigenvalue weighted by atomic mass is 9.93. The Labute approximate surface area is 113 Å². The lowest BCUT2D eigenvalue weighted by molar-refractivity contribution is 0.198. The van der Waals surface area contributed by atoms with Gasteiger partial charge in [0.1, 0.15) is 5.82 Å². The topological polar surface area (TPSA) is 43.7 Å². The fourth-order valence-electron chi connectivity index (χ4n) is 2.89. The first-order chi connectivity index (χ1) is 9.13. The van der Waals surface area contributed by atoms with E-state index in [1.54, 1.807) is 19.1 Å². The van der Waals surface area contributed by atoms with Gasteiger partial charge in [0.25, 0.3) is 0 Å². The van der Waals surface area contributed by atoms with Crippen molar-refractivity contribution in [2.75, 3.05) is 24.6 Å². The maximum absolute atomic E-state index is 14.1. The Morgan fingerprint density at radius 2 is 2.26 bits per heavy atom. The molecule has 0 spiro atoms. The van der Waals surface area contributed by atoms with Crippen LogP contribution in [-0.4, -0.2) is 29.9 Å². The summed E-state index contributed by atoms with van der Waals surface area (Å²) in [6, 6.07) is 4.85. The van der Waals surface area contributed by atoms with Crippen LogP contribution in [0.25, 0.3) is 0 Å². The molecule has 1 aromatic rings. The molecule has 1 aromatic carbocycles. The number of anilines is 1. The van der Waals surface area contributed by atoms with Crippen LogP contribution in [0.3, 0.4) is 0 Å². The van der Waals surface area contributed by atoms with E-state index in [1.165, 1.54) is 6.07 Å². The molecule has 0 aromatic heterocycles. The van der Waals surface area contributed by atoms with E-state index in [4.69, 9.17) is 5.11 Å². The van der Waals surface area contributed by atoms with Gasteiger partial charge in [-0.2, -0.15) is 0 Å². The van der Waals surface area contributed by atoms with Crippen LogP contribution in [0.5, 0.6) is 0 Å². The van der Waals surface area contributed by atoms with Crippen molar-refractivity contribution in [3.63, 3.8) is 0 Å². The van der Waals surface area contributed by atoms with Crippen LogP contribution in [0.1, 0.15) is 37.9 Å². The summed E-state index contributed by atoms with van der Waals surface area (Å²) < 4.78 is 14.1. The molecular weight excluding hydrogens is 245 g/mol. The van der Waals surface area contributed by atoms with Crippen LogP contribution in [-0.2, 0) is 0 Å². The van der Waals surface area contributed by atoms with Crippen molar-refractivity contribution in [1.29, 1.82) is 0 Å². The van der Waals surface area contributed by atoms with Crippen LogP contribution < -0.4 is 4.90 Å². The molecule has 0 radical (unpaired) electrons. The van der Waals surface area contributed by atoms with Crippen LogP contribution in [0.4, 0.5) is 10.1 Å². The van der Waals surface area contributed by atoms with E-state index in [1.807, 2.05) is 4.90 Å². The number of benzene rings is 1. The fourth-order valence-corrected chi connectivity index (χ4v) is 2.89. The highest BCUT2D eigenvalue weighted by molar-refractivity contribution is 5.56. The second-order valence-electron chi connectivity index (χ2n) is 5.32. The Bertz CT molecular complexity index is 421. The van der Waals surface area contributed by atoms with E-state index in [-0.39, 0.29) is 12.4 Å². The molecule has 3 nitrogen and oxygen atoms in total. The molecule has 1 aliphatic heterocycles. The van der Waals surface area contributed by atoms with Gasteiger partial charge in [-0.3, -0.25) is 0 Å². The summed E-state index contributed by atoms with van der Waals surface area (Å²) in [6.45, 7) is 3.40. The number of rotatable bonds is 4. The zero-order valence-corrected chi connectivity index (χ0v) is 11.3. The summed E-state index contributed by atoms with van der Waals surface area (Å²) in [4.78, 5) is 2.02. The summed E-state index contributed by atoms with van der Waals surface area (Å²) in [5, 5.41) is 18.8. The average molecular weight is 267 g/mol. The Morgan fingerprint density at radius 1 is 1.47 bits per heavy atom. The minimum absolute atomic E-state index is 0.180. The van der Waals surface area contributed by atoms with Crippen molar-refractivity contribution in [2.45, 2.75) is 32.3 Å². The van der Waals surface area contributed by atoms with Crippen molar-refractivity contribution >= 4 is 5.69 Å². The highest BCUT2D eigenvalue weighted by Gasteiger charge is 2.24. The Morgan fingerprint density at radius 3 is 2.95 bits per heavy atom. The predicted molar refractivity (Wildman–Crippen MR) is 73.7 cm³/mol. The molecule has 1 aliphatic rings. The van der Waals surface area contributed by atoms with E-state index >= 15 is 0 Å². The lowest BCUT2D eigenvalue weighted by Crippen LogP contribution is -2.37. The summed E-state index contributed by atoms with van der Waals surface area (Å²) in [7, 11) is 0. The third-order valence-electron chi connectivity index (χ3n) is 3.84. The highest BCUT2D eigenvalue weighted by atomic mass is 19.1. The number of para-hydroxylation sites is 1. The third-order valence-corrected chi connectivity index (χ3v) is 3.84. The molecule has 2 atom stereocenters. The van der Waals surface area contributed by atoms with E-state index in [9.17, 15) is 9.50 Å². The molecule has 0 amide bonds. The van der Waals surface area contributed by atoms with Gasteiger partial charge in [0.15, 0.2) is 0 Å². The highest BCUT2D eigenvalue weighted by Crippen LogP contribution is 2.33. The fraction of sp³-hybridized carbons (Fsp3) is 0.600. The van der Waals surface area contributed by atoms with Crippen molar-refractivity contribution in [3.05, 3.63) is 29.6 Å². The number of piperidine rings is 1. The molecule has 1 heterocycles. The molecule has 2 rings (SSSR count). The van der Waals surface area contributed by atoms with Gasteiger partial charge in [-0.1, -0.05) is 12.1 Å². The monoisotopic (exact) mass is 267 g/mol. The summed E-state index contributed by atoms with van der Waals surface area (Å²) in [5.74, 6) is 0.128. The Hall–Kier alpha value is -1.13. The van der Waals surface area contributed by atoms with Crippen LogP contribution in [0.15, 0.2) is 18.2 Å². The summed E-state index contributed by atoms with van der Waals surface area (Å²) >= 11 is 0. The van der Waals surface area contributed by atoms with Crippen LogP contribution in [0.2, 0.25) is 0 Å². The van der Waals surface area contributed by atoms with Crippen molar-refractivity contribution in [1.82, 2.24) is 0 Å². The number of hydrogen-bond acceptors (Lipinski definition) is 3. The number of nitrogens with zero attached hydrogens (tertiary/aromatic N) is 1. The standard InChI is InChI=1S/C15H22FNO2/c1-11(19)13-5-2-6-14(16)15(13)17-8-3-4-12(10-17)7-9-18/h2,5-6,11-12,18-19H,3-4,7-10H2,1H3/t11-,12?/m0/s1. The molecule has 0 aliphatic carbocycles. The molecule has 2 N–H and O–H groups in total. The summed E-state index contributed by atoms with van der Waals surface area (Å²) in [5.41, 5.74) is 1.17. The zero-order chi connectivity index (χ0) is 13.8. The minimum Gasteiger partial charge on any atom is -0.396 e. The smallest absolute Gasteiger partial charge is 0.146 e. The predicted octanol–water partition coefficient (Wildman–Crippen LogP) is 2.48. The van der Waals surface area contributed by atoms with E-state index in [0.29, 0.717) is 17.2 Å². The number of halogens is 1. The Kier molecular flexibility index (Phi) is 4.77. The Balaban J connectivity index is 2.25. The van der Waals surface area contributed by atoms with Gasteiger partial charge >= 0.3 is 0 Å². The van der Waals surface area contributed by atoms with E-state index < -0.39 is 6.10 Å². The molecule has 1 saturated heterocycles. The van der Waals surface area contributed by atoms with Gasteiger partial charge in [-0.25, -0.2) is 4.39 Å².